The standard InChI is InChI=1S/C20H27N3O/c1-3-5-20-21-13-17(14-22-20)15-23-10-8-18(9-11-23)24-19-7-4-6-16(2)12-19/h4,6-7,12-14,18H,3,5,8-11,15H2,1-2H3. The molecule has 0 bridgehead atoms. The van der Waals surface area contributed by atoms with E-state index in [1.807, 2.05) is 12.4 Å². The van der Waals surface area contributed by atoms with E-state index in [0.29, 0.717) is 6.10 Å². The molecule has 1 aromatic carbocycles. The van der Waals surface area contributed by atoms with Crippen LogP contribution in [0.3, 0.4) is 0 Å². The van der Waals surface area contributed by atoms with E-state index >= 15 is 0 Å². The Labute approximate surface area is 144 Å². The molecule has 24 heavy (non-hydrogen) atoms. The summed E-state index contributed by atoms with van der Waals surface area (Å²) < 4.78 is 6.13. The minimum atomic E-state index is 0.325. The van der Waals surface area contributed by atoms with E-state index in [-0.39, 0.29) is 0 Å². The second-order valence-corrected chi connectivity index (χ2v) is 6.67. The van der Waals surface area contributed by atoms with Crippen LogP contribution in [0.15, 0.2) is 36.7 Å². The molecule has 0 unspecified atom stereocenters. The summed E-state index contributed by atoms with van der Waals surface area (Å²) in [4.78, 5) is 11.4. The number of rotatable bonds is 6. The van der Waals surface area contributed by atoms with E-state index in [9.17, 15) is 0 Å². The van der Waals surface area contributed by atoms with Crippen molar-refractivity contribution in [1.82, 2.24) is 14.9 Å². The predicted molar refractivity (Wildman–Crippen MR) is 96.1 cm³/mol. The van der Waals surface area contributed by atoms with Crippen LogP contribution in [0.2, 0.25) is 0 Å². The van der Waals surface area contributed by atoms with Crippen LogP contribution >= 0.6 is 0 Å². The minimum absolute atomic E-state index is 0.325. The number of ether oxygens (including phenoxy) is 1. The molecule has 0 aliphatic carbocycles. The number of benzene rings is 1. The average molecular weight is 325 g/mol. The maximum atomic E-state index is 6.13. The van der Waals surface area contributed by atoms with Crippen molar-refractivity contribution in [2.75, 3.05) is 13.1 Å². The second kappa shape index (κ2) is 8.25. The normalized spacial score (nSPS) is 16.2. The van der Waals surface area contributed by atoms with Crippen LogP contribution in [0, 0.1) is 6.92 Å². The third-order valence-corrected chi connectivity index (χ3v) is 4.47. The van der Waals surface area contributed by atoms with E-state index in [1.54, 1.807) is 0 Å². The van der Waals surface area contributed by atoms with Crippen LogP contribution in [-0.4, -0.2) is 34.1 Å². The summed E-state index contributed by atoms with van der Waals surface area (Å²) in [7, 11) is 0. The number of hydrogen-bond donors (Lipinski definition) is 0. The van der Waals surface area contributed by atoms with Gasteiger partial charge in [-0.25, -0.2) is 9.97 Å². The molecule has 1 aliphatic rings. The van der Waals surface area contributed by atoms with Crippen LogP contribution in [0.1, 0.15) is 43.1 Å². The Kier molecular flexibility index (Phi) is 5.81. The molecule has 1 fully saturated rings. The van der Waals surface area contributed by atoms with E-state index in [1.165, 1.54) is 11.1 Å². The summed E-state index contributed by atoms with van der Waals surface area (Å²) in [6.07, 6.45) is 8.48. The van der Waals surface area contributed by atoms with Gasteiger partial charge in [-0.2, -0.15) is 0 Å². The highest BCUT2D eigenvalue weighted by molar-refractivity contribution is 5.27. The number of hydrogen-bond acceptors (Lipinski definition) is 4. The van der Waals surface area contributed by atoms with Gasteiger partial charge >= 0.3 is 0 Å². The zero-order valence-electron chi connectivity index (χ0n) is 14.7. The average Bonchev–Trinajstić information content (AvgIpc) is 2.59. The molecule has 2 heterocycles. The highest BCUT2D eigenvalue weighted by atomic mass is 16.5. The lowest BCUT2D eigenvalue weighted by molar-refractivity contribution is 0.0966. The summed E-state index contributed by atoms with van der Waals surface area (Å²) >= 11 is 0. The lowest BCUT2D eigenvalue weighted by Gasteiger charge is -2.32. The lowest BCUT2D eigenvalue weighted by Crippen LogP contribution is -2.37. The summed E-state index contributed by atoms with van der Waals surface area (Å²) in [6.45, 7) is 7.31. The van der Waals surface area contributed by atoms with Crippen molar-refractivity contribution in [2.45, 2.75) is 52.2 Å². The molecular weight excluding hydrogens is 298 g/mol. The molecule has 3 rings (SSSR count). The predicted octanol–water partition coefficient (Wildman–Crippen LogP) is 3.78. The largest absolute Gasteiger partial charge is 0.490 e. The molecule has 128 valence electrons. The first kappa shape index (κ1) is 16.9. The molecule has 2 aromatic rings. The fourth-order valence-corrected chi connectivity index (χ4v) is 3.14. The third-order valence-electron chi connectivity index (χ3n) is 4.47. The van der Waals surface area contributed by atoms with E-state index < -0.39 is 0 Å². The van der Waals surface area contributed by atoms with Crippen LogP contribution in [0.4, 0.5) is 0 Å². The van der Waals surface area contributed by atoms with Crippen molar-refractivity contribution in [3.63, 3.8) is 0 Å². The molecule has 0 spiro atoms. The van der Waals surface area contributed by atoms with Gasteiger partial charge in [0.25, 0.3) is 0 Å². The van der Waals surface area contributed by atoms with Gasteiger partial charge in [-0.1, -0.05) is 19.1 Å². The van der Waals surface area contributed by atoms with Gasteiger partial charge in [0, 0.05) is 44.0 Å². The zero-order valence-corrected chi connectivity index (χ0v) is 14.7. The van der Waals surface area contributed by atoms with Gasteiger partial charge in [-0.05, 0) is 43.9 Å². The first-order valence-corrected chi connectivity index (χ1v) is 8.98. The molecule has 0 radical (unpaired) electrons. The number of nitrogens with zero attached hydrogens (tertiary/aromatic N) is 3. The van der Waals surface area contributed by atoms with Crippen molar-refractivity contribution in [2.24, 2.45) is 0 Å². The van der Waals surface area contributed by atoms with Crippen LogP contribution in [0.5, 0.6) is 5.75 Å². The van der Waals surface area contributed by atoms with Gasteiger partial charge in [-0.3, -0.25) is 4.90 Å². The Balaban J connectivity index is 1.46. The van der Waals surface area contributed by atoms with Gasteiger partial charge in [0.2, 0.25) is 0 Å². The van der Waals surface area contributed by atoms with E-state index in [2.05, 4.69) is 53.0 Å². The third kappa shape index (κ3) is 4.78. The van der Waals surface area contributed by atoms with Crippen LogP contribution < -0.4 is 4.74 Å². The molecule has 0 atom stereocenters. The van der Waals surface area contributed by atoms with Gasteiger partial charge in [-0.15, -0.1) is 0 Å². The van der Waals surface area contributed by atoms with Gasteiger partial charge in [0.05, 0.1) is 0 Å². The quantitative estimate of drug-likeness (QED) is 0.810. The van der Waals surface area contributed by atoms with Gasteiger partial charge < -0.3 is 4.74 Å². The summed E-state index contributed by atoms with van der Waals surface area (Å²) in [6, 6.07) is 8.32. The zero-order chi connectivity index (χ0) is 16.8. The highest BCUT2D eigenvalue weighted by Crippen LogP contribution is 2.20. The van der Waals surface area contributed by atoms with Crippen molar-refractivity contribution in [3.05, 3.63) is 53.6 Å². The maximum Gasteiger partial charge on any atom is 0.128 e. The fourth-order valence-electron chi connectivity index (χ4n) is 3.14. The highest BCUT2D eigenvalue weighted by Gasteiger charge is 2.20. The van der Waals surface area contributed by atoms with Crippen LogP contribution in [-0.2, 0) is 13.0 Å². The Morgan fingerprint density at radius 3 is 2.58 bits per heavy atom. The molecule has 1 aromatic heterocycles. The Bertz CT molecular complexity index is 634. The summed E-state index contributed by atoms with van der Waals surface area (Å²) in [5, 5.41) is 0. The van der Waals surface area contributed by atoms with Crippen molar-refractivity contribution < 1.29 is 4.74 Å². The Hall–Kier alpha value is -1.94. The number of aromatic nitrogens is 2. The molecule has 1 aliphatic heterocycles. The minimum Gasteiger partial charge on any atom is -0.490 e. The van der Waals surface area contributed by atoms with Crippen molar-refractivity contribution in [1.29, 1.82) is 0 Å². The molecule has 1 saturated heterocycles. The van der Waals surface area contributed by atoms with Crippen LogP contribution in [0.25, 0.3) is 0 Å². The lowest BCUT2D eigenvalue weighted by atomic mass is 10.1. The van der Waals surface area contributed by atoms with Gasteiger partial charge in [0.1, 0.15) is 17.7 Å². The molecule has 0 saturated carbocycles. The Morgan fingerprint density at radius 1 is 1.17 bits per heavy atom. The van der Waals surface area contributed by atoms with Crippen molar-refractivity contribution in [3.8, 4) is 5.75 Å². The summed E-state index contributed by atoms with van der Waals surface area (Å²) in [5.74, 6) is 1.94. The Morgan fingerprint density at radius 2 is 1.92 bits per heavy atom. The molecule has 4 nitrogen and oxygen atoms in total. The SMILES string of the molecule is CCCc1ncc(CN2CCC(Oc3cccc(C)c3)CC2)cn1. The number of likely N-dealkylation sites (tertiary alicyclic amines) is 1. The first-order valence-electron chi connectivity index (χ1n) is 8.98. The molecule has 4 heteroatoms. The van der Waals surface area contributed by atoms with E-state index in [0.717, 1.165) is 56.9 Å². The number of aryl methyl sites for hydroxylation is 2. The van der Waals surface area contributed by atoms with Gasteiger partial charge in [0.15, 0.2) is 0 Å². The topological polar surface area (TPSA) is 38.2 Å². The van der Waals surface area contributed by atoms with Crippen molar-refractivity contribution >= 4 is 0 Å². The summed E-state index contributed by atoms with van der Waals surface area (Å²) in [5.41, 5.74) is 2.45. The van der Waals surface area contributed by atoms with E-state index in [4.69, 9.17) is 4.74 Å². The smallest absolute Gasteiger partial charge is 0.128 e. The molecular formula is C20H27N3O. The fraction of sp³-hybridized carbons (Fsp3) is 0.500. The monoisotopic (exact) mass is 325 g/mol. The maximum absolute atomic E-state index is 6.13. The molecule has 0 amide bonds. The molecule has 0 N–H and O–H groups in total. The second-order valence-electron chi connectivity index (χ2n) is 6.67. The number of piperidine rings is 1. The first-order chi connectivity index (χ1) is 11.7.